The molecule has 0 saturated carbocycles. The van der Waals surface area contributed by atoms with Crippen molar-refractivity contribution in [3.63, 3.8) is 0 Å². The van der Waals surface area contributed by atoms with Crippen LogP contribution in [0.25, 0.3) is 0 Å². The topological polar surface area (TPSA) is 55.6 Å². The summed E-state index contributed by atoms with van der Waals surface area (Å²) in [6.45, 7) is 8.03. The lowest BCUT2D eigenvalue weighted by atomic mass is 10.2. The number of hydrogen-bond acceptors (Lipinski definition) is 5. The fourth-order valence-corrected chi connectivity index (χ4v) is 2.59. The minimum atomic E-state index is 0.482. The Labute approximate surface area is 124 Å². The van der Waals surface area contributed by atoms with Gasteiger partial charge in [-0.25, -0.2) is 4.68 Å². The van der Waals surface area contributed by atoms with E-state index in [0.29, 0.717) is 6.04 Å². The first-order chi connectivity index (χ1) is 9.65. The molecule has 1 heterocycles. The number of aromatic nitrogens is 4. The summed E-state index contributed by atoms with van der Waals surface area (Å²) >= 11 is 1.67. The van der Waals surface area contributed by atoms with Gasteiger partial charge in [0.05, 0.1) is 6.54 Å². The molecule has 0 aliphatic rings. The average Bonchev–Trinajstić information content (AvgIpc) is 2.85. The van der Waals surface area contributed by atoms with E-state index in [-0.39, 0.29) is 0 Å². The Morgan fingerprint density at radius 2 is 2.00 bits per heavy atom. The van der Waals surface area contributed by atoms with Crippen LogP contribution in [0, 0.1) is 6.92 Å². The first-order valence-corrected chi connectivity index (χ1v) is 7.81. The van der Waals surface area contributed by atoms with Gasteiger partial charge in [-0.3, -0.25) is 0 Å². The molecule has 1 aromatic carbocycles. The number of aryl methyl sites for hydroxylation is 1. The Balaban J connectivity index is 1.86. The molecule has 0 atom stereocenters. The van der Waals surface area contributed by atoms with Crippen LogP contribution < -0.4 is 5.32 Å². The molecular formula is C14H21N5S. The molecule has 0 spiro atoms. The Bertz CT molecular complexity index is 521. The minimum absolute atomic E-state index is 0.482. The number of benzene rings is 1. The SMILES string of the molecule is Cc1ccc(CSc2nnnn2CCNC(C)C)cc1. The van der Waals surface area contributed by atoms with Crippen molar-refractivity contribution in [2.45, 2.75) is 44.3 Å². The van der Waals surface area contributed by atoms with E-state index in [4.69, 9.17) is 0 Å². The Kier molecular flexibility index (Phi) is 5.55. The molecule has 2 rings (SSSR count). The zero-order chi connectivity index (χ0) is 14.4. The molecule has 2 aromatic rings. The molecule has 5 nitrogen and oxygen atoms in total. The number of rotatable bonds is 7. The maximum Gasteiger partial charge on any atom is 0.209 e. The molecule has 0 aliphatic carbocycles. The van der Waals surface area contributed by atoms with Crippen molar-refractivity contribution in [1.82, 2.24) is 25.5 Å². The number of thioether (sulfide) groups is 1. The van der Waals surface area contributed by atoms with Crippen molar-refractivity contribution in [1.29, 1.82) is 0 Å². The highest BCUT2D eigenvalue weighted by molar-refractivity contribution is 7.98. The summed E-state index contributed by atoms with van der Waals surface area (Å²) in [5.41, 5.74) is 2.57. The average molecular weight is 291 g/mol. The van der Waals surface area contributed by atoms with Gasteiger partial charge in [0.1, 0.15) is 0 Å². The third-order valence-electron chi connectivity index (χ3n) is 2.86. The predicted molar refractivity (Wildman–Crippen MR) is 81.7 cm³/mol. The van der Waals surface area contributed by atoms with E-state index in [1.165, 1.54) is 11.1 Å². The highest BCUT2D eigenvalue weighted by Crippen LogP contribution is 2.19. The first kappa shape index (κ1) is 15.0. The molecule has 0 radical (unpaired) electrons. The van der Waals surface area contributed by atoms with Crippen molar-refractivity contribution in [2.75, 3.05) is 6.54 Å². The molecule has 1 N–H and O–H groups in total. The van der Waals surface area contributed by atoms with E-state index >= 15 is 0 Å². The van der Waals surface area contributed by atoms with Gasteiger partial charge in [0.15, 0.2) is 0 Å². The summed E-state index contributed by atoms with van der Waals surface area (Å²) in [5, 5.41) is 16.1. The largest absolute Gasteiger partial charge is 0.313 e. The summed E-state index contributed by atoms with van der Waals surface area (Å²) in [4.78, 5) is 0. The van der Waals surface area contributed by atoms with Crippen molar-refractivity contribution < 1.29 is 0 Å². The van der Waals surface area contributed by atoms with Crippen molar-refractivity contribution in [2.24, 2.45) is 0 Å². The summed E-state index contributed by atoms with van der Waals surface area (Å²) in [6, 6.07) is 9.04. The van der Waals surface area contributed by atoms with Crippen molar-refractivity contribution in [3.05, 3.63) is 35.4 Å². The number of nitrogens with zero attached hydrogens (tertiary/aromatic N) is 4. The van der Waals surface area contributed by atoms with Gasteiger partial charge in [0.2, 0.25) is 5.16 Å². The van der Waals surface area contributed by atoms with Crippen LogP contribution in [-0.2, 0) is 12.3 Å². The van der Waals surface area contributed by atoms with Crippen LogP contribution in [0.4, 0.5) is 0 Å². The van der Waals surface area contributed by atoms with Gasteiger partial charge in [-0.15, -0.1) is 5.10 Å². The van der Waals surface area contributed by atoms with Crippen LogP contribution in [0.1, 0.15) is 25.0 Å². The lowest BCUT2D eigenvalue weighted by molar-refractivity contribution is 0.485. The van der Waals surface area contributed by atoms with Crippen LogP contribution in [0.2, 0.25) is 0 Å². The lowest BCUT2D eigenvalue weighted by Gasteiger charge is -2.08. The third kappa shape index (κ3) is 4.61. The smallest absolute Gasteiger partial charge is 0.209 e. The van der Waals surface area contributed by atoms with Crippen LogP contribution in [0.15, 0.2) is 29.4 Å². The number of nitrogens with one attached hydrogen (secondary N) is 1. The van der Waals surface area contributed by atoms with Gasteiger partial charge < -0.3 is 5.32 Å². The number of tetrazole rings is 1. The third-order valence-corrected chi connectivity index (χ3v) is 3.89. The van der Waals surface area contributed by atoms with Gasteiger partial charge in [-0.1, -0.05) is 55.4 Å². The maximum atomic E-state index is 4.08. The molecular weight excluding hydrogens is 270 g/mol. The standard InChI is InChI=1S/C14H21N5S/c1-11(2)15-8-9-19-14(16-17-18-19)20-10-13-6-4-12(3)5-7-13/h4-7,11,15H,8-10H2,1-3H3. The van der Waals surface area contributed by atoms with Gasteiger partial charge in [-0.05, 0) is 22.9 Å². The first-order valence-electron chi connectivity index (χ1n) is 6.83. The second-order valence-corrected chi connectivity index (χ2v) is 6.01. The molecule has 0 amide bonds. The quantitative estimate of drug-likeness (QED) is 0.793. The Morgan fingerprint density at radius 1 is 1.25 bits per heavy atom. The van der Waals surface area contributed by atoms with Crippen molar-refractivity contribution in [3.8, 4) is 0 Å². The summed E-state index contributed by atoms with van der Waals surface area (Å²) < 4.78 is 1.86. The summed E-state index contributed by atoms with van der Waals surface area (Å²) in [7, 11) is 0. The number of hydrogen-bond donors (Lipinski definition) is 1. The van der Waals surface area contributed by atoms with Gasteiger partial charge >= 0.3 is 0 Å². The monoisotopic (exact) mass is 291 g/mol. The maximum absolute atomic E-state index is 4.08. The molecule has 20 heavy (non-hydrogen) atoms. The molecule has 0 saturated heterocycles. The molecule has 0 aliphatic heterocycles. The fourth-order valence-electron chi connectivity index (χ4n) is 1.73. The van der Waals surface area contributed by atoms with Crippen LogP contribution in [-0.4, -0.2) is 32.8 Å². The van der Waals surface area contributed by atoms with E-state index in [9.17, 15) is 0 Å². The van der Waals surface area contributed by atoms with Gasteiger partial charge in [0.25, 0.3) is 0 Å². The summed E-state index contributed by atoms with van der Waals surface area (Å²) in [5.74, 6) is 0.887. The lowest BCUT2D eigenvalue weighted by Crippen LogP contribution is -2.27. The van der Waals surface area contributed by atoms with E-state index in [1.54, 1.807) is 11.8 Å². The van der Waals surface area contributed by atoms with E-state index in [0.717, 1.165) is 24.0 Å². The predicted octanol–water partition coefficient (Wildman–Crippen LogP) is 2.27. The summed E-state index contributed by atoms with van der Waals surface area (Å²) in [6.07, 6.45) is 0. The fraction of sp³-hybridized carbons (Fsp3) is 0.500. The van der Waals surface area contributed by atoms with Crippen LogP contribution in [0.5, 0.6) is 0 Å². The normalized spacial score (nSPS) is 11.2. The van der Waals surface area contributed by atoms with Crippen LogP contribution in [0.3, 0.4) is 0 Å². The van der Waals surface area contributed by atoms with Gasteiger partial charge in [0, 0.05) is 18.3 Å². The molecule has 1 aromatic heterocycles. The molecule has 0 unspecified atom stereocenters. The molecule has 0 fully saturated rings. The van der Waals surface area contributed by atoms with Crippen LogP contribution >= 0.6 is 11.8 Å². The second-order valence-electron chi connectivity index (χ2n) is 5.07. The Hall–Kier alpha value is -1.40. The zero-order valence-electron chi connectivity index (χ0n) is 12.2. The van der Waals surface area contributed by atoms with Gasteiger partial charge in [-0.2, -0.15) is 0 Å². The highest BCUT2D eigenvalue weighted by atomic mass is 32.2. The minimum Gasteiger partial charge on any atom is -0.313 e. The van der Waals surface area contributed by atoms with Crippen molar-refractivity contribution >= 4 is 11.8 Å². The van der Waals surface area contributed by atoms with E-state index in [1.807, 2.05) is 4.68 Å². The highest BCUT2D eigenvalue weighted by Gasteiger charge is 2.07. The van der Waals surface area contributed by atoms with E-state index < -0.39 is 0 Å². The zero-order valence-corrected chi connectivity index (χ0v) is 13.0. The second kappa shape index (κ2) is 7.40. The molecule has 6 heteroatoms. The Morgan fingerprint density at radius 3 is 2.70 bits per heavy atom. The molecule has 0 bridgehead atoms. The molecule has 108 valence electrons. The van der Waals surface area contributed by atoms with E-state index in [2.05, 4.69) is 65.9 Å².